The summed E-state index contributed by atoms with van der Waals surface area (Å²) in [6, 6.07) is 27.5. The van der Waals surface area contributed by atoms with Crippen LogP contribution in [-0.4, -0.2) is 19.3 Å². The quantitative estimate of drug-likeness (QED) is 0.120. The fraction of sp³-hybridized carbons (Fsp3) is 0.333. The summed E-state index contributed by atoms with van der Waals surface area (Å²) >= 11 is 0. The van der Waals surface area contributed by atoms with E-state index in [-0.39, 0.29) is 0 Å². The van der Waals surface area contributed by atoms with E-state index < -0.39 is 0 Å². The first-order valence-corrected chi connectivity index (χ1v) is 19.6. The third-order valence-electron chi connectivity index (χ3n) is 11.0. The van der Waals surface area contributed by atoms with E-state index in [0.717, 1.165) is 59.7 Å². The van der Waals surface area contributed by atoms with E-state index in [0.29, 0.717) is 11.8 Å². The summed E-state index contributed by atoms with van der Waals surface area (Å²) in [6.45, 7) is 18.4. The van der Waals surface area contributed by atoms with Gasteiger partial charge in [0.2, 0.25) is 0 Å². The van der Waals surface area contributed by atoms with E-state index in [9.17, 15) is 0 Å². The summed E-state index contributed by atoms with van der Waals surface area (Å²) < 4.78 is 10.9. The SMILES string of the molecule is CCCc1ccnc(-n2c3ccccc3c3ccc(Oc4cccc(-n5cc(-c6c(CCC(C)C)c(C)c(C)c(C)c6CCC(C)C)cn5)c4)cc32)c1. The molecule has 0 saturated heterocycles. The lowest BCUT2D eigenvalue weighted by Crippen LogP contribution is -2.08. The predicted molar refractivity (Wildman–Crippen MR) is 222 cm³/mol. The molecule has 5 heteroatoms. The number of benzene rings is 4. The van der Waals surface area contributed by atoms with Crippen LogP contribution < -0.4 is 4.74 Å². The van der Waals surface area contributed by atoms with Gasteiger partial charge in [0.15, 0.2) is 0 Å². The average Bonchev–Trinajstić information content (AvgIpc) is 3.76. The number of aryl methyl sites for hydroxylation is 1. The van der Waals surface area contributed by atoms with Crippen molar-refractivity contribution in [3.63, 3.8) is 0 Å². The molecule has 3 heterocycles. The number of hydrogen-bond acceptors (Lipinski definition) is 3. The summed E-state index contributed by atoms with van der Waals surface area (Å²) in [6.07, 6.45) is 12.8. The molecule has 0 aliphatic rings. The van der Waals surface area contributed by atoms with E-state index in [1.807, 2.05) is 23.0 Å². The maximum Gasteiger partial charge on any atom is 0.137 e. The summed E-state index contributed by atoms with van der Waals surface area (Å²) in [5.41, 5.74) is 14.3. The smallest absolute Gasteiger partial charge is 0.137 e. The van der Waals surface area contributed by atoms with Crippen molar-refractivity contribution >= 4 is 21.8 Å². The van der Waals surface area contributed by atoms with Gasteiger partial charge in [-0.25, -0.2) is 9.67 Å². The van der Waals surface area contributed by atoms with Crippen molar-refractivity contribution in [1.29, 1.82) is 0 Å². The molecule has 0 fully saturated rings. The van der Waals surface area contributed by atoms with Gasteiger partial charge in [-0.1, -0.05) is 65.3 Å². The van der Waals surface area contributed by atoms with Crippen molar-refractivity contribution in [2.24, 2.45) is 11.8 Å². The van der Waals surface area contributed by atoms with Gasteiger partial charge in [0.05, 0.1) is 22.9 Å². The molecule has 7 aromatic rings. The van der Waals surface area contributed by atoms with Crippen LogP contribution in [0.1, 0.15) is 87.3 Å². The maximum absolute atomic E-state index is 6.61. The lowest BCUT2D eigenvalue weighted by atomic mass is 9.81. The Morgan fingerprint density at radius 2 is 1.38 bits per heavy atom. The highest BCUT2D eigenvalue weighted by atomic mass is 16.5. The van der Waals surface area contributed by atoms with Gasteiger partial charge in [0.25, 0.3) is 0 Å². The van der Waals surface area contributed by atoms with E-state index >= 15 is 0 Å². The van der Waals surface area contributed by atoms with Crippen LogP contribution in [-0.2, 0) is 19.3 Å². The molecule has 53 heavy (non-hydrogen) atoms. The fourth-order valence-electron chi connectivity index (χ4n) is 7.84. The van der Waals surface area contributed by atoms with Crippen molar-refractivity contribution in [3.05, 3.63) is 131 Å². The third kappa shape index (κ3) is 7.40. The number of ether oxygens (including phenoxy) is 1. The van der Waals surface area contributed by atoms with Crippen molar-refractivity contribution in [2.75, 3.05) is 0 Å². The van der Waals surface area contributed by atoms with Crippen LogP contribution in [0.25, 0.3) is 44.4 Å². The van der Waals surface area contributed by atoms with Gasteiger partial charge < -0.3 is 4.74 Å². The van der Waals surface area contributed by atoms with Crippen LogP contribution in [0.15, 0.2) is 97.5 Å². The van der Waals surface area contributed by atoms with Crippen LogP contribution in [0.3, 0.4) is 0 Å². The summed E-state index contributed by atoms with van der Waals surface area (Å²) in [5, 5.41) is 7.32. The highest BCUT2D eigenvalue weighted by Gasteiger charge is 2.21. The molecule has 0 atom stereocenters. The first-order valence-electron chi connectivity index (χ1n) is 19.6. The maximum atomic E-state index is 6.61. The molecule has 0 bridgehead atoms. The molecule has 272 valence electrons. The fourth-order valence-corrected chi connectivity index (χ4v) is 7.84. The molecule has 7 rings (SSSR count). The Hall–Kier alpha value is -5.16. The summed E-state index contributed by atoms with van der Waals surface area (Å²) in [5.74, 6) is 3.76. The van der Waals surface area contributed by atoms with Gasteiger partial charge in [-0.05, 0) is 146 Å². The Bertz CT molecular complexity index is 2350. The molecule has 4 aromatic carbocycles. The van der Waals surface area contributed by atoms with Crippen molar-refractivity contribution < 1.29 is 4.74 Å². The van der Waals surface area contributed by atoms with E-state index in [1.54, 1.807) is 0 Å². The molecule has 0 amide bonds. The second kappa shape index (κ2) is 15.4. The Labute approximate surface area is 315 Å². The lowest BCUT2D eigenvalue weighted by Gasteiger charge is -2.23. The molecule has 0 N–H and O–H groups in total. The zero-order valence-electron chi connectivity index (χ0n) is 32.8. The monoisotopic (exact) mass is 702 g/mol. The topological polar surface area (TPSA) is 44.9 Å². The molecule has 0 unspecified atom stereocenters. The number of fused-ring (bicyclic) bond motifs is 3. The molecule has 0 aliphatic heterocycles. The van der Waals surface area contributed by atoms with E-state index in [2.05, 4.69) is 139 Å². The Balaban J connectivity index is 1.24. The second-order valence-corrected chi connectivity index (χ2v) is 15.6. The van der Waals surface area contributed by atoms with Crippen LogP contribution in [0.2, 0.25) is 0 Å². The highest BCUT2D eigenvalue weighted by molar-refractivity contribution is 6.09. The second-order valence-electron chi connectivity index (χ2n) is 15.6. The molecule has 0 saturated carbocycles. The zero-order valence-corrected chi connectivity index (χ0v) is 32.8. The van der Waals surface area contributed by atoms with E-state index in [1.165, 1.54) is 68.1 Å². The minimum Gasteiger partial charge on any atom is -0.457 e. The molecule has 0 spiro atoms. The first kappa shape index (κ1) is 36.2. The van der Waals surface area contributed by atoms with Gasteiger partial charge in [-0.2, -0.15) is 5.10 Å². The number of pyridine rings is 1. The van der Waals surface area contributed by atoms with Crippen LogP contribution in [0, 0.1) is 32.6 Å². The molecule has 0 radical (unpaired) electrons. The summed E-state index contributed by atoms with van der Waals surface area (Å²) in [7, 11) is 0. The first-order chi connectivity index (χ1) is 25.6. The third-order valence-corrected chi connectivity index (χ3v) is 11.0. The van der Waals surface area contributed by atoms with Crippen molar-refractivity contribution in [2.45, 2.75) is 93.9 Å². The minimum absolute atomic E-state index is 0.645. The van der Waals surface area contributed by atoms with Crippen molar-refractivity contribution in [1.82, 2.24) is 19.3 Å². The van der Waals surface area contributed by atoms with Crippen molar-refractivity contribution in [3.8, 4) is 34.1 Å². The molecule has 5 nitrogen and oxygen atoms in total. The van der Waals surface area contributed by atoms with Crippen LogP contribution in [0.5, 0.6) is 11.5 Å². The normalized spacial score (nSPS) is 11.8. The van der Waals surface area contributed by atoms with Crippen LogP contribution in [0.4, 0.5) is 0 Å². The number of para-hydroxylation sites is 1. The molecular weight excluding hydrogens is 649 g/mol. The van der Waals surface area contributed by atoms with Gasteiger partial charge in [0.1, 0.15) is 17.3 Å². The Kier molecular flexibility index (Phi) is 10.5. The number of hydrogen-bond donors (Lipinski definition) is 0. The number of nitrogens with zero attached hydrogens (tertiary/aromatic N) is 4. The van der Waals surface area contributed by atoms with E-state index in [4.69, 9.17) is 14.8 Å². The molecular formula is C48H54N4O. The number of aromatic nitrogens is 4. The average molecular weight is 703 g/mol. The number of rotatable bonds is 13. The Morgan fingerprint density at radius 1 is 0.679 bits per heavy atom. The van der Waals surface area contributed by atoms with Crippen LogP contribution >= 0.6 is 0 Å². The molecule has 0 aliphatic carbocycles. The van der Waals surface area contributed by atoms with Gasteiger partial charge in [-0.3, -0.25) is 4.57 Å². The van der Waals surface area contributed by atoms with Gasteiger partial charge >= 0.3 is 0 Å². The summed E-state index contributed by atoms with van der Waals surface area (Å²) in [4.78, 5) is 4.82. The predicted octanol–water partition coefficient (Wildman–Crippen LogP) is 12.9. The lowest BCUT2D eigenvalue weighted by molar-refractivity contribution is 0.483. The highest BCUT2D eigenvalue weighted by Crippen LogP contribution is 2.39. The standard InChI is InChI=1S/C48H54N4O/c1-9-13-36-24-25-49-47(26-36)52-45-17-11-10-16-43(45)44-23-20-40(28-46(44)52)53-39-15-12-14-38(27-39)51-30-37(29-50-51)48-41(21-18-31(2)3)34(7)33(6)35(8)42(48)22-19-32(4)5/h10-12,14-17,20,23-32H,9,13,18-19,21-22H2,1-8H3. The van der Waals surface area contributed by atoms with Gasteiger partial charge in [-0.15, -0.1) is 0 Å². The minimum atomic E-state index is 0.645. The van der Waals surface area contributed by atoms with Gasteiger partial charge in [0, 0.05) is 40.9 Å². The Morgan fingerprint density at radius 3 is 2.09 bits per heavy atom. The molecule has 3 aromatic heterocycles. The zero-order chi connectivity index (χ0) is 37.2. The largest absolute Gasteiger partial charge is 0.457 e.